The van der Waals surface area contributed by atoms with Crippen LogP contribution in [0.2, 0.25) is 0 Å². The van der Waals surface area contributed by atoms with Crippen LogP contribution in [0.5, 0.6) is 0 Å². The van der Waals surface area contributed by atoms with Crippen molar-refractivity contribution in [2.75, 3.05) is 19.7 Å². The van der Waals surface area contributed by atoms with Gasteiger partial charge in [0.1, 0.15) is 5.82 Å². The molecule has 1 N–H and O–H groups in total. The van der Waals surface area contributed by atoms with Crippen molar-refractivity contribution in [3.8, 4) is 0 Å². The fourth-order valence-electron chi connectivity index (χ4n) is 3.82. The molecule has 4 rings (SSSR count). The second kappa shape index (κ2) is 8.06. The third kappa shape index (κ3) is 3.62. The summed E-state index contributed by atoms with van der Waals surface area (Å²) in [6.07, 6.45) is 3.63. The molecule has 3 heterocycles. The number of nitrogens with zero attached hydrogens (tertiary/aromatic N) is 4. The van der Waals surface area contributed by atoms with E-state index < -0.39 is 0 Å². The van der Waals surface area contributed by atoms with Crippen molar-refractivity contribution >= 4 is 16.8 Å². The molecule has 1 aliphatic rings. The van der Waals surface area contributed by atoms with Gasteiger partial charge in [0.2, 0.25) is 0 Å². The Morgan fingerprint density at radius 3 is 2.86 bits per heavy atom. The Kier molecular flexibility index (Phi) is 5.34. The van der Waals surface area contributed by atoms with Crippen LogP contribution in [-0.2, 0) is 11.3 Å². The standard InChI is InChI=1S/C21H25N5O2/c1-3-28-13-16-12-22-14(2)23-19(16)15-8-10-26(11-9-15)21(27)20-17-6-4-5-7-18(17)24-25-20/h4-7,12,15H,3,8-11,13H2,1-2H3,(H,24,25). The number of aromatic amines is 1. The van der Waals surface area contributed by atoms with Gasteiger partial charge in [-0.25, -0.2) is 9.97 Å². The van der Waals surface area contributed by atoms with Crippen LogP contribution in [0.3, 0.4) is 0 Å². The number of H-pyrrole nitrogens is 1. The number of fused-ring (bicyclic) bond motifs is 1. The van der Waals surface area contributed by atoms with Crippen LogP contribution in [0.1, 0.15) is 53.3 Å². The number of aromatic nitrogens is 4. The second-order valence-electron chi connectivity index (χ2n) is 7.15. The van der Waals surface area contributed by atoms with Gasteiger partial charge in [0.05, 0.1) is 17.8 Å². The number of carbonyl (C=O) groups excluding carboxylic acids is 1. The number of rotatable bonds is 5. The SMILES string of the molecule is CCOCc1cnc(C)nc1C1CCN(C(=O)c2n[nH]c3ccccc23)CC1. The maximum absolute atomic E-state index is 13.0. The van der Waals surface area contributed by atoms with Crippen molar-refractivity contribution in [3.63, 3.8) is 0 Å². The fourth-order valence-corrected chi connectivity index (χ4v) is 3.82. The van der Waals surface area contributed by atoms with E-state index in [0.29, 0.717) is 37.9 Å². The van der Waals surface area contributed by atoms with E-state index in [1.165, 1.54) is 0 Å². The number of para-hydroxylation sites is 1. The molecule has 3 aromatic rings. The lowest BCUT2D eigenvalue weighted by molar-refractivity contribution is 0.0706. The van der Waals surface area contributed by atoms with Crippen molar-refractivity contribution < 1.29 is 9.53 Å². The van der Waals surface area contributed by atoms with Gasteiger partial charge in [0.25, 0.3) is 5.91 Å². The highest BCUT2D eigenvalue weighted by Gasteiger charge is 2.28. The largest absolute Gasteiger partial charge is 0.377 e. The fraction of sp³-hybridized carbons (Fsp3) is 0.429. The molecule has 0 atom stereocenters. The predicted octanol–water partition coefficient (Wildman–Crippen LogP) is 3.22. The highest BCUT2D eigenvalue weighted by molar-refractivity contribution is 6.04. The maximum atomic E-state index is 13.0. The summed E-state index contributed by atoms with van der Waals surface area (Å²) in [6, 6.07) is 7.73. The molecule has 0 spiro atoms. The molecule has 1 fully saturated rings. The number of hydrogen-bond donors (Lipinski definition) is 1. The van der Waals surface area contributed by atoms with E-state index in [-0.39, 0.29) is 5.91 Å². The predicted molar refractivity (Wildman–Crippen MR) is 106 cm³/mol. The molecule has 1 saturated heterocycles. The van der Waals surface area contributed by atoms with E-state index in [1.807, 2.05) is 49.2 Å². The molecular formula is C21H25N5O2. The van der Waals surface area contributed by atoms with Crippen LogP contribution in [0.25, 0.3) is 10.9 Å². The number of ether oxygens (including phenoxy) is 1. The highest BCUT2D eigenvalue weighted by Crippen LogP contribution is 2.30. The lowest BCUT2D eigenvalue weighted by atomic mass is 9.90. The Labute approximate surface area is 164 Å². The Morgan fingerprint density at radius 2 is 2.07 bits per heavy atom. The molecule has 2 aromatic heterocycles. The van der Waals surface area contributed by atoms with Crippen LogP contribution >= 0.6 is 0 Å². The summed E-state index contributed by atoms with van der Waals surface area (Å²) in [4.78, 5) is 23.9. The van der Waals surface area contributed by atoms with Gasteiger partial charge in [-0.05, 0) is 32.8 Å². The van der Waals surface area contributed by atoms with E-state index in [1.54, 1.807) is 0 Å². The molecule has 28 heavy (non-hydrogen) atoms. The lowest BCUT2D eigenvalue weighted by Gasteiger charge is -2.32. The Morgan fingerprint density at radius 1 is 1.29 bits per heavy atom. The van der Waals surface area contributed by atoms with E-state index in [9.17, 15) is 4.79 Å². The van der Waals surface area contributed by atoms with Gasteiger partial charge in [0.15, 0.2) is 5.69 Å². The van der Waals surface area contributed by atoms with Gasteiger partial charge in [0, 0.05) is 42.8 Å². The Bertz CT molecular complexity index is 976. The summed E-state index contributed by atoms with van der Waals surface area (Å²) in [5.74, 6) is 1.08. The molecule has 0 aliphatic carbocycles. The summed E-state index contributed by atoms with van der Waals surface area (Å²) in [5.41, 5.74) is 3.51. The molecule has 1 amide bonds. The molecular weight excluding hydrogens is 354 g/mol. The third-order valence-corrected chi connectivity index (χ3v) is 5.32. The number of likely N-dealkylation sites (tertiary alicyclic amines) is 1. The van der Waals surface area contributed by atoms with Gasteiger partial charge >= 0.3 is 0 Å². The number of hydrogen-bond acceptors (Lipinski definition) is 5. The first kappa shape index (κ1) is 18.6. The quantitative estimate of drug-likeness (QED) is 0.736. The normalized spacial score (nSPS) is 15.3. The van der Waals surface area contributed by atoms with Crippen molar-refractivity contribution in [1.82, 2.24) is 25.1 Å². The lowest BCUT2D eigenvalue weighted by Crippen LogP contribution is -2.38. The van der Waals surface area contributed by atoms with Crippen molar-refractivity contribution in [2.45, 2.75) is 39.2 Å². The molecule has 0 saturated carbocycles. The average Bonchev–Trinajstić information content (AvgIpc) is 3.16. The second-order valence-corrected chi connectivity index (χ2v) is 7.15. The molecule has 7 nitrogen and oxygen atoms in total. The van der Waals surface area contributed by atoms with Gasteiger partial charge < -0.3 is 9.64 Å². The molecule has 0 bridgehead atoms. The molecule has 1 aromatic carbocycles. The first-order valence-electron chi connectivity index (χ1n) is 9.80. The zero-order valence-corrected chi connectivity index (χ0v) is 16.3. The third-order valence-electron chi connectivity index (χ3n) is 5.32. The van der Waals surface area contributed by atoms with Gasteiger partial charge in [-0.3, -0.25) is 9.89 Å². The average molecular weight is 379 g/mol. The molecule has 7 heteroatoms. The van der Waals surface area contributed by atoms with E-state index in [2.05, 4.69) is 15.2 Å². The van der Waals surface area contributed by atoms with Crippen LogP contribution in [0.15, 0.2) is 30.5 Å². The number of nitrogens with one attached hydrogen (secondary N) is 1. The Hall–Kier alpha value is -2.80. The minimum Gasteiger partial charge on any atom is -0.377 e. The first-order valence-corrected chi connectivity index (χ1v) is 9.80. The number of carbonyl (C=O) groups is 1. The summed E-state index contributed by atoms with van der Waals surface area (Å²) >= 11 is 0. The molecule has 0 radical (unpaired) electrons. The summed E-state index contributed by atoms with van der Waals surface area (Å²) in [6.45, 7) is 6.49. The zero-order chi connectivity index (χ0) is 19.5. The van der Waals surface area contributed by atoms with Crippen molar-refractivity contribution in [3.05, 3.63) is 53.2 Å². The maximum Gasteiger partial charge on any atom is 0.274 e. The minimum atomic E-state index is -0.00990. The highest BCUT2D eigenvalue weighted by atomic mass is 16.5. The zero-order valence-electron chi connectivity index (χ0n) is 16.3. The number of benzene rings is 1. The number of piperidine rings is 1. The summed E-state index contributed by atoms with van der Waals surface area (Å²) < 4.78 is 5.58. The van der Waals surface area contributed by atoms with Crippen LogP contribution in [-0.4, -0.2) is 50.7 Å². The topological polar surface area (TPSA) is 84.0 Å². The van der Waals surface area contributed by atoms with E-state index >= 15 is 0 Å². The van der Waals surface area contributed by atoms with Gasteiger partial charge in [-0.1, -0.05) is 18.2 Å². The smallest absolute Gasteiger partial charge is 0.274 e. The van der Waals surface area contributed by atoms with Gasteiger partial charge in [-0.2, -0.15) is 5.10 Å². The van der Waals surface area contributed by atoms with Crippen molar-refractivity contribution in [1.29, 1.82) is 0 Å². The molecule has 146 valence electrons. The number of aryl methyl sites for hydroxylation is 1. The van der Waals surface area contributed by atoms with Gasteiger partial charge in [-0.15, -0.1) is 0 Å². The van der Waals surface area contributed by atoms with Crippen LogP contribution in [0, 0.1) is 6.92 Å². The first-order chi connectivity index (χ1) is 13.7. The van der Waals surface area contributed by atoms with Crippen LogP contribution < -0.4 is 0 Å². The van der Waals surface area contributed by atoms with E-state index in [0.717, 1.165) is 40.8 Å². The summed E-state index contributed by atoms with van der Waals surface area (Å²) in [7, 11) is 0. The monoisotopic (exact) mass is 379 g/mol. The molecule has 0 unspecified atom stereocenters. The summed E-state index contributed by atoms with van der Waals surface area (Å²) in [5, 5.41) is 8.08. The van der Waals surface area contributed by atoms with Crippen LogP contribution in [0.4, 0.5) is 0 Å². The molecule has 1 aliphatic heterocycles. The minimum absolute atomic E-state index is 0.00990. The Balaban J connectivity index is 1.48. The number of amides is 1. The van der Waals surface area contributed by atoms with E-state index in [4.69, 9.17) is 9.72 Å². The van der Waals surface area contributed by atoms with Crippen molar-refractivity contribution in [2.24, 2.45) is 0 Å².